The molecule has 0 saturated carbocycles. The van der Waals surface area contributed by atoms with E-state index in [-0.39, 0.29) is 0 Å². The van der Waals surface area contributed by atoms with Gasteiger partial charge in [0.15, 0.2) is 0 Å². The van der Waals surface area contributed by atoms with Crippen LogP contribution >= 0.6 is 0 Å². The highest BCUT2D eigenvalue weighted by molar-refractivity contribution is 4.86. The number of rotatable bonds is 1. The maximum atomic E-state index is 13.0. The smallest absolute Gasteiger partial charge is 0.124 e. The van der Waals surface area contributed by atoms with Crippen LogP contribution in [-0.2, 0) is 0 Å². The van der Waals surface area contributed by atoms with Gasteiger partial charge >= 0.3 is 0 Å². The molecule has 2 heteroatoms. The number of nitrogens with one attached hydrogen (secondary N) is 1. The molecule has 1 atom stereocenters. The van der Waals surface area contributed by atoms with Crippen molar-refractivity contribution in [3.8, 4) is 0 Å². The summed E-state index contributed by atoms with van der Waals surface area (Å²) in [6.45, 7) is 3.31. The molecule has 1 N–H and O–H groups in total. The average Bonchev–Trinajstić information content (AvgIpc) is 2.17. The minimum absolute atomic E-state index is 0.559. The third-order valence-corrected chi connectivity index (χ3v) is 1.83. The quantitative estimate of drug-likeness (QED) is 0.542. The summed E-state index contributed by atoms with van der Waals surface area (Å²) in [4.78, 5) is 0. The van der Waals surface area contributed by atoms with Crippen LogP contribution in [-0.4, -0.2) is 18.8 Å². The second-order valence-corrected chi connectivity index (χ2v) is 2.43. The minimum Gasteiger partial charge on any atom is -0.313 e. The van der Waals surface area contributed by atoms with Crippen LogP contribution in [0.1, 0.15) is 19.8 Å². The summed E-state index contributed by atoms with van der Waals surface area (Å²) in [7, 11) is 0. The van der Waals surface area contributed by atoms with Crippen molar-refractivity contribution >= 4 is 0 Å². The van der Waals surface area contributed by atoms with E-state index in [4.69, 9.17) is 0 Å². The summed E-state index contributed by atoms with van der Waals surface area (Å²) >= 11 is 0. The molecule has 0 aromatic heterocycles. The first-order valence-electron chi connectivity index (χ1n) is 3.16. The molecule has 0 radical (unpaired) electrons. The Kier molecular flexibility index (Phi) is 1.52. The molecule has 0 aromatic carbocycles. The molecule has 8 heavy (non-hydrogen) atoms. The summed E-state index contributed by atoms with van der Waals surface area (Å²) in [5, 5.41) is 2.99. The van der Waals surface area contributed by atoms with Crippen molar-refractivity contribution in [2.24, 2.45) is 0 Å². The maximum Gasteiger partial charge on any atom is 0.124 e. The third-order valence-electron chi connectivity index (χ3n) is 1.83. The summed E-state index contributed by atoms with van der Waals surface area (Å²) in [6, 6.07) is 0. The summed E-state index contributed by atoms with van der Waals surface area (Å²) in [5.74, 6) is 0. The van der Waals surface area contributed by atoms with E-state index in [0.717, 1.165) is 6.54 Å². The van der Waals surface area contributed by atoms with Gasteiger partial charge in [-0.15, -0.1) is 0 Å². The van der Waals surface area contributed by atoms with Crippen LogP contribution in [0.3, 0.4) is 0 Å². The van der Waals surface area contributed by atoms with Crippen molar-refractivity contribution in [1.29, 1.82) is 0 Å². The van der Waals surface area contributed by atoms with Gasteiger partial charge in [0, 0.05) is 6.54 Å². The van der Waals surface area contributed by atoms with E-state index in [2.05, 4.69) is 5.32 Å². The Hall–Kier alpha value is -0.110. The molecular weight excluding hydrogens is 105 g/mol. The van der Waals surface area contributed by atoms with E-state index in [1.54, 1.807) is 0 Å². The van der Waals surface area contributed by atoms with Gasteiger partial charge in [-0.3, -0.25) is 0 Å². The van der Waals surface area contributed by atoms with E-state index in [1.165, 1.54) is 0 Å². The van der Waals surface area contributed by atoms with E-state index < -0.39 is 5.67 Å². The highest BCUT2D eigenvalue weighted by Gasteiger charge is 2.30. The molecule has 0 spiro atoms. The van der Waals surface area contributed by atoms with Crippen LogP contribution in [0, 0.1) is 0 Å². The standard InChI is InChI=1S/C6H12FN/c1-2-6(7)3-4-8-5-6/h8H,2-5H2,1H3/t6-/m1/s1. The molecule has 0 aliphatic carbocycles. The maximum absolute atomic E-state index is 13.0. The van der Waals surface area contributed by atoms with Crippen LogP contribution in [0.5, 0.6) is 0 Å². The molecule has 0 bridgehead atoms. The SMILES string of the molecule is CC[C@@]1(F)CCNC1. The molecule has 1 saturated heterocycles. The normalized spacial score (nSPS) is 38.2. The van der Waals surface area contributed by atoms with Crippen molar-refractivity contribution in [3.05, 3.63) is 0 Å². The number of hydrogen-bond acceptors (Lipinski definition) is 1. The predicted octanol–water partition coefficient (Wildman–Crippen LogP) is 1.10. The van der Waals surface area contributed by atoms with Gasteiger partial charge in [0.05, 0.1) is 0 Å². The molecule has 1 heterocycles. The molecule has 1 rings (SSSR count). The Bertz CT molecular complexity index is 76.6. The zero-order valence-electron chi connectivity index (χ0n) is 5.21. The Balaban J connectivity index is 2.40. The summed E-state index contributed by atoms with van der Waals surface area (Å²) < 4.78 is 13.0. The van der Waals surface area contributed by atoms with Crippen LogP contribution in [0.4, 0.5) is 4.39 Å². The summed E-state index contributed by atoms with van der Waals surface area (Å²) in [6.07, 6.45) is 1.35. The molecule has 0 aromatic rings. The largest absolute Gasteiger partial charge is 0.313 e. The Labute approximate surface area is 49.3 Å². The van der Waals surface area contributed by atoms with Gasteiger partial charge < -0.3 is 5.32 Å². The van der Waals surface area contributed by atoms with E-state index >= 15 is 0 Å². The fourth-order valence-electron chi connectivity index (χ4n) is 1.01. The van der Waals surface area contributed by atoms with Gasteiger partial charge in [-0.2, -0.15) is 0 Å². The molecule has 1 aliphatic rings. The average molecular weight is 117 g/mol. The van der Waals surface area contributed by atoms with Crippen LogP contribution in [0.2, 0.25) is 0 Å². The zero-order valence-corrected chi connectivity index (χ0v) is 5.21. The van der Waals surface area contributed by atoms with E-state index in [9.17, 15) is 4.39 Å². The van der Waals surface area contributed by atoms with E-state index in [1.807, 2.05) is 6.92 Å². The van der Waals surface area contributed by atoms with Crippen molar-refractivity contribution in [1.82, 2.24) is 5.32 Å². The summed E-state index contributed by atoms with van der Waals surface area (Å²) in [5.41, 5.74) is -0.875. The molecule has 48 valence electrons. The highest BCUT2D eigenvalue weighted by Crippen LogP contribution is 2.22. The van der Waals surface area contributed by atoms with Gasteiger partial charge in [-0.25, -0.2) is 4.39 Å². The lowest BCUT2D eigenvalue weighted by Crippen LogP contribution is -2.24. The van der Waals surface area contributed by atoms with Gasteiger partial charge in [-0.05, 0) is 19.4 Å². The van der Waals surface area contributed by atoms with Gasteiger partial charge in [0.25, 0.3) is 0 Å². The first kappa shape index (κ1) is 6.02. The first-order chi connectivity index (χ1) is 3.77. The van der Waals surface area contributed by atoms with Crippen LogP contribution < -0.4 is 5.32 Å². The topological polar surface area (TPSA) is 12.0 Å². The third kappa shape index (κ3) is 0.996. The number of alkyl halides is 1. The van der Waals surface area contributed by atoms with Crippen molar-refractivity contribution in [3.63, 3.8) is 0 Å². The fourth-order valence-corrected chi connectivity index (χ4v) is 1.01. The van der Waals surface area contributed by atoms with Gasteiger partial charge in [0.2, 0.25) is 0 Å². The van der Waals surface area contributed by atoms with Gasteiger partial charge in [-0.1, -0.05) is 6.92 Å². The second kappa shape index (κ2) is 2.02. The number of hydrogen-bond donors (Lipinski definition) is 1. The molecule has 1 fully saturated rings. The predicted molar refractivity (Wildman–Crippen MR) is 31.6 cm³/mol. The lowest BCUT2D eigenvalue weighted by atomic mass is 10.0. The second-order valence-electron chi connectivity index (χ2n) is 2.43. The Morgan fingerprint density at radius 3 is 2.75 bits per heavy atom. The van der Waals surface area contributed by atoms with Crippen molar-refractivity contribution < 1.29 is 4.39 Å². The van der Waals surface area contributed by atoms with Crippen molar-refractivity contribution in [2.75, 3.05) is 13.1 Å². The Morgan fingerprint density at radius 2 is 2.50 bits per heavy atom. The highest BCUT2D eigenvalue weighted by atomic mass is 19.1. The van der Waals surface area contributed by atoms with Crippen molar-refractivity contribution in [2.45, 2.75) is 25.4 Å². The molecule has 0 unspecified atom stereocenters. The minimum atomic E-state index is -0.875. The first-order valence-corrected chi connectivity index (χ1v) is 3.16. The van der Waals surface area contributed by atoms with E-state index in [0.29, 0.717) is 19.4 Å². The van der Waals surface area contributed by atoms with Crippen LogP contribution in [0.25, 0.3) is 0 Å². The lowest BCUT2D eigenvalue weighted by molar-refractivity contribution is 0.184. The van der Waals surface area contributed by atoms with Crippen LogP contribution in [0.15, 0.2) is 0 Å². The Morgan fingerprint density at radius 1 is 1.75 bits per heavy atom. The monoisotopic (exact) mass is 117 g/mol. The molecule has 1 aliphatic heterocycles. The fraction of sp³-hybridized carbons (Fsp3) is 1.00. The molecular formula is C6H12FN. The number of halogens is 1. The zero-order chi connectivity index (χ0) is 6.04. The lowest BCUT2D eigenvalue weighted by Gasteiger charge is -2.13. The molecule has 1 nitrogen and oxygen atoms in total. The van der Waals surface area contributed by atoms with Gasteiger partial charge in [0.1, 0.15) is 5.67 Å². The molecule has 0 amide bonds.